The van der Waals surface area contributed by atoms with Crippen molar-refractivity contribution in [3.05, 3.63) is 17.3 Å². The van der Waals surface area contributed by atoms with Crippen molar-refractivity contribution in [2.75, 3.05) is 0 Å². The molecule has 0 saturated carbocycles. The first-order valence-electron chi connectivity index (χ1n) is 5.44. The molecule has 0 atom stereocenters. The summed E-state index contributed by atoms with van der Waals surface area (Å²) < 4.78 is 5.27. The van der Waals surface area contributed by atoms with Crippen LogP contribution in [-0.4, -0.2) is 27.6 Å². The van der Waals surface area contributed by atoms with Crippen LogP contribution in [0.1, 0.15) is 31.2 Å². The van der Waals surface area contributed by atoms with Crippen molar-refractivity contribution in [3.8, 4) is 0 Å². The number of urea groups is 1. The number of rotatable bonds is 4. The number of carbonyl (C=O) groups excluding carboxylic acids is 1. The van der Waals surface area contributed by atoms with Gasteiger partial charge in [-0.3, -0.25) is 0 Å². The summed E-state index contributed by atoms with van der Waals surface area (Å²) in [5.74, 6) is -0.0354. The molecule has 7 nitrogen and oxygen atoms in total. The number of carboxylic acid groups (broad SMARTS) is 1. The third-order valence-electron chi connectivity index (χ3n) is 2.43. The lowest BCUT2D eigenvalue weighted by molar-refractivity contribution is -0.142. The van der Waals surface area contributed by atoms with E-state index in [4.69, 9.17) is 9.52 Å². The second-order valence-electron chi connectivity index (χ2n) is 4.49. The van der Waals surface area contributed by atoms with Gasteiger partial charge < -0.3 is 20.2 Å². The van der Waals surface area contributed by atoms with Crippen molar-refractivity contribution in [3.63, 3.8) is 0 Å². The molecular formula is C11H17N3O4. The van der Waals surface area contributed by atoms with Crippen molar-refractivity contribution in [2.45, 2.75) is 39.8 Å². The van der Waals surface area contributed by atoms with Gasteiger partial charge in [0.25, 0.3) is 0 Å². The summed E-state index contributed by atoms with van der Waals surface area (Å²) in [7, 11) is 0. The molecular weight excluding hydrogens is 238 g/mol. The van der Waals surface area contributed by atoms with Crippen LogP contribution in [0.3, 0.4) is 0 Å². The van der Waals surface area contributed by atoms with Gasteiger partial charge in [0.05, 0.1) is 12.2 Å². The third kappa shape index (κ3) is 3.47. The maximum Gasteiger partial charge on any atom is 0.328 e. The molecule has 0 aliphatic rings. The maximum absolute atomic E-state index is 11.5. The lowest BCUT2D eigenvalue weighted by Gasteiger charge is -2.20. The zero-order chi connectivity index (χ0) is 13.9. The van der Waals surface area contributed by atoms with E-state index < -0.39 is 17.5 Å². The number of carbonyl (C=O) groups is 2. The molecule has 1 aromatic rings. The van der Waals surface area contributed by atoms with Crippen LogP contribution in [0.2, 0.25) is 0 Å². The lowest BCUT2D eigenvalue weighted by Crippen LogP contribution is -2.53. The Morgan fingerprint density at radius 1 is 1.39 bits per heavy atom. The van der Waals surface area contributed by atoms with Gasteiger partial charge >= 0.3 is 12.0 Å². The second-order valence-corrected chi connectivity index (χ2v) is 4.49. The Morgan fingerprint density at radius 3 is 2.44 bits per heavy atom. The van der Waals surface area contributed by atoms with Crippen LogP contribution >= 0.6 is 0 Å². The van der Waals surface area contributed by atoms with Gasteiger partial charge in [-0.2, -0.15) is 0 Å². The Hall–Kier alpha value is -2.05. The number of aromatic nitrogens is 1. The summed E-state index contributed by atoms with van der Waals surface area (Å²) in [6, 6.07) is -0.587. The van der Waals surface area contributed by atoms with E-state index in [9.17, 15) is 9.59 Å². The predicted molar refractivity (Wildman–Crippen MR) is 63.1 cm³/mol. The standard InChI is InChI=1S/C11H17N3O4/c1-6-7(2)18-8(13-6)5-12-10(17)14-11(3,4)9(15)16/h5H2,1-4H3,(H,15,16)(H2,12,14,17). The van der Waals surface area contributed by atoms with Crippen molar-refractivity contribution in [1.82, 2.24) is 15.6 Å². The number of aryl methyl sites for hydroxylation is 2. The van der Waals surface area contributed by atoms with E-state index in [0.29, 0.717) is 11.7 Å². The summed E-state index contributed by atoms with van der Waals surface area (Å²) in [6.45, 7) is 6.48. The predicted octanol–water partition coefficient (Wildman–Crippen LogP) is 0.954. The van der Waals surface area contributed by atoms with Gasteiger partial charge in [0.2, 0.25) is 5.89 Å². The number of oxazole rings is 1. The van der Waals surface area contributed by atoms with Gasteiger partial charge in [0.1, 0.15) is 11.3 Å². The monoisotopic (exact) mass is 255 g/mol. The molecule has 1 aromatic heterocycles. The molecule has 0 radical (unpaired) electrons. The molecule has 0 aliphatic heterocycles. The fraction of sp³-hybridized carbons (Fsp3) is 0.545. The van der Waals surface area contributed by atoms with Gasteiger partial charge in [-0.1, -0.05) is 0 Å². The normalized spacial score (nSPS) is 11.1. The summed E-state index contributed by atoms with van der Waals surface area (Å²) in [6.07, 6.45) is 0. The molecule has 18 heavy (non-hydrogen) atoms. The van der Waals surface area contributed by atoms with Gasteiger partial charge in [-0.05, 0) is 27.7 Å². The molecule has 100 valence electrons. The van der Waals surface area contributed by atoms with Crippen molar-refractivity contribution >= 4 is 12.0 Å². The molecule has 0 unspecified atom stereocenters. The molecule has 3 N–H and O–H groups in total. The van der Waals surface area contributed by atoms with Crippen molar-refractivity contribution in [2.24, 2.45) is 0 Å². The number of nitrogens with zero attached hydrogens (tertiary/aromatic N) is 1. The average molecular weight is 255 g/mol. The molecule has 0 aliphatic carbocycles. The van der Waals surface area contributed by atoms with E-state index in [0.717, 1.165) is 5.69 Å². The molecule has 0 spiro atoms. The van der Waals surface area contributed by atoms with Crippen LogP contribution in [-0.2, 0) is 11.3 Å². The van der Waals surface area contributed by atoms with E-state index in [1.165, 1.54) is 13.8 Å². The Kier molecular flexibility index (Phi) is 3.95. The number of nitrogens with one attached hydrogen (secondary N) is 2. The SMILES string of the molecule is Cc1nc(CNC(=O)NC(C)(C)C(=O)O)oc1C. The fourth-order valence-electron chi connectivity index (χ4n) is 1.15. The van der Waals surface area contributed by atoms with Crippen LogP contribution < -0.4 is 10.6 Å². The number of carboxylic acids is 1. The van der Waals surface area contributed by atoms with Gasteiger partial charge in [0, 0.05) is 0 Å². The minimum atomic E-state index is -1.33. The van der Waals surface area contributed by atoms with Crippen LogP contribution in [0, 0.1) is 13.8 Å². The minimum absolute atomic E-state index is 0.107. The quantitative estimate of drug-likeness (QED) is 0.743. The number of hydrogen-bond acceptors (Lipinski definition) is 4. The smallest absolute Gasteiger partial charge is 0.328 e. The molecule has 7 heteroatoms. The van der Waals surface area contributed by atoms with Crippen molar-refractivity contribution < 1.29 is 19.1 Å². The highest BCUT2D eigenvalue weighted by Gasteiger charge is 2.28. The summed E-state index contributed by atoms with van der Waals surface area (Å²) in [5.41, 5.74) is -0.565. The third-order valence-corrected chi connectivity index (χ3v) is 2.43. The topological polar surface area (TPSA) is 104 Å². The molecule has 1 rings (SSSR count). The largest absolute Gasteiger partial charge is 0.480 e. The van der Waals surface area contributed by atoms with E-state index in [1.807, 2.05) is 0 Å². The molecule has 1 heterocycles. The molecule has 0 saturated heterocycles. The zero-order valence-electron chi connectivity index (χ0n) is 10.8. The van der Waals surface area contributed by atoms with E-state index >= 15 is 0 Å². The van der Waals surface area contributed by atoms with Crippen molar-refractivity contribution in [1.29, 1.82) is 0 Å². The molecule has 0 aromatic carbocycles. The van der Waals surface area contributed by atoms with Gasteiger partial charge in [0.15, 0.2) is 0 Å². The molecule has 0 fully saturated rings. The second kappa shape index (κ2) is 5.07. The van der Waals surface area contributed by atoms with Crippen LogP contribution in [0.15, 0.2) is 4.42 Å². The Morgan fingerprint density at radius 2 is 2.00 bits per heavy atom. The highest BCUT2D eigenvalue weighted by atomic mass is 16.4. The first-order valence-corrected chi connectivity index (χ1v) is 5.44. The van der Waals surface area contributed by atoms with E-state index in [-0.39, 0.29) is 6.54 Å². The highest BCUT2D eigenvalue weighted by molar-refractivity contribution is 5.85. The highest BCUT2D eigenvalue weighted by Crippen LogP contribution is 2.07. The van der Waals surface area contributed by atoms with Crippen LogP contribution in [0.4, 0.5) is 4.79 Å². The number of hydrogen-bond donors (Lipinski definition) is 3. The van der Waals surface area contributed by atoms with Crippen LogP contribution in [0.5, 0.6) is 0 Å². The Bertz CT molecular complexity index is 445. The first-order chi connectivity index (χ1) is 8.22. The lowest BCUT2D eigenvalue weighted by atomic mass is 10.1. The zero-order valence-corrected chi connectivity index (χ0v) is 10.8. The van der Waals surface area contributed by atoms with E-state index in [1.54, 1.807) is 13.8 Å². The summed E-state index contributed by atoms with van der Waals surface area (Å²) in [5, 5.41) is 13.7. The average Bonchev–Trinajstić information content (AvgIpc) is 2.55. The van der Waals surface area contributed by atoms with Gasteiger partial charge in [-0.25, -0.2) is 14.6 Å². The first kappa shape index (κ1) is 14.0. The summed E-state index contributed by atoms with van der Waals surface area (Å²) in [4.78, 5) is 26.4. The molecule has 2 amide bonds. The van der Waals surface area contributed by atoms with Gasteiger partial charge in [-0.15, -0.1) is 0 Å². The number of amides is 2. The fourth-order valence-corrected chi connectivity index (χ4v) is 1.15. The molecule has 0 bridgehead atoms. The Labute approximate surface area is 105 Å². The Balaban J connectivity index is 2.49. The van der Waals surface area contributed by atoms with Crippen LogP contribution in [0.25, 0.3) is 0 Å². The van der Waals surface area contributed by atoms with E-state index in [2.05, 4.69) is 15.6 Å². The number of aliphatic carboxylic acids is 1. The maximum atomic E-state index is 11.5. The minimum Gasteiger partial charge on any atom is -0.480 e. The summed E-state index contributed by atoms with van der Waals surface area (Å²) >= 11 is 0.